The molecule has 3 aromatic heterocycles. The largest absolute Gasteiger partial charge is 0.481 e. The molecule has 1 fully saturated rings. The molecule has 2 N–H and O–H groups in total. The highest BCUT2D eigenvalue weighted by atomic mass is 32.1. The molecule has 1 aliphatic carbocycles. The van der Waals surface area contributed by atoms with Crippen molar-refractivity contribution in [3.8, 4) is 23.0 Å². The monoisotopic (exact) mass is 722 g/mol. The van der Waals surface area contributed by atoms with Gasteiger partial charge in [0.25, 0.3) is 5.97 Å². The average molecular weight is 723 g/mol. The van der Waals surface area contributed by atoms with E-state index in [4.69, 9.17) is 27.1 Å². The predicted octanol–water partition coefficient (Wildman–Crippen LogP) is 7.35. The van der Waals surface area contributed by atoms with Crippen LogP contribution in [-0.2, 0) is 35.8 Å². The number of rotatable bonds is 10. The number of likely N-dealkylation sites (N-methyl/N-ethyl adjacent to an activating group) is 1. The number of aliphatic carboxylic acids is 1. The first-order chi connectivity index (χ1) is 23.9. The van der Waals surface area contributed by atoms with Gasteiger partial charge in [-0.05, 0) is 105 Å². The number of carboxylic acids is 1. The first kappa shape index (κ1) is 39.2. The number of carbonyl (C=O) groups is 2. The zero-order valence-corrected chi connectivity index (χ0v) is 30.9. The third-order valence-corrected chi connectivity index (χ3v) is 8.69. The summed E-state index contributed by atoms with van der Waals surface area (Å²) in [5.74, 6) is 5.82. The zero-order valence-electron chi connectivity index (χ0n) is 30.1. The molecule has 0 bridgehead atoms. The molecule has 51 heavy (non-hydrogen) atoms. The summed E-state index contributed by atoms with van der Waals surface area (Å²) in [4.78, 5) is 29.5. The van der Waals surface area contributed by atoms with Crippen LogP contribution in [0.25, 0.3) is 22.0 Å². The van der Waals surface area contributed by atoms with Crippen LogP contribution in [0.3, 0.4) is 0 Å². The Kier molecular flexibility index (Phi) is 12.8. The lowest BCUT2D eigenvalue weighted by molar-refractivity contribution is -0.138. The van der Waals surface area contributed by atoms with Crippen LogP contribution in [0.2, 0.25) is 0 Å². The molecule has 272 valence electrons. The number of benzene rings is 1. The molecular weight excluding hydrogens is 678 g/mol. The van der Waals surface area contributed by atoms with E-state index in [-0.39, 0.29) is 35.0 Å². The van der Waals surface area contributed by atoms with Crippen LogP contribution >= 0.6 is 12.2 Å². The molecule has 9 nitrogen and oxygen atoms in total. The van der Waals surface area contributed by atoms with E-state index in [1.165, 1.54) is 10.8 Å². The van der Waals surface area contributed by atoms with Crippen molar-refractivity contribution in [2.75, 3.05) is 20.6 Å². The van der Waals surface area contributed by atoms with E-state index in [0.717, 1.165) is 53.4 Å². The summed E-state index contributed by atoms with van der Waals surface area (Å²) in [5.41, 5.74) is 4.62. The van der Waals surface area contributed by atoms with E-state index in [1.54, 1.807) is 0 Å². The van der Waals surface area contributed by atoms with Crippen LogP contribution in [0, 0.1) is 35.2 Å². The molecule has 1 unspecified atom stereocenters. The van der Waals surface area contributed by atoms with E-state index in [1.807, 2.05) is 69.0 Å². The van der Waals surface area contributed by atoms with Crippen LogP contribution in [-0.4, -0.2) is 61.9 Å². The van der Waals surface area contributed by atoms with Crippen molar-refractivity contribution in [3.05, 3.63) is 75.4 Å². The number of alkyl halides is 3. The highest BCUT2D eigenvalue weighted by Gasteiger charge is 2.35. The van der Waals surface area contributed by atoms with Gasteiger partial charge < -0.3 is 19.9 Å². The van der Waals surface area contributed by atoms with E-state index in [0.29, 0.717) is 30.3 Å². The first-order valence-electron chi connectivity index (χ1n) is 16.8. The topological polar surface area (TPSA) is 105 Å². The normalized spacial score (nSPS) is 13.4. The van der Waals surface area contributed by atoms with Crippen molar-refractivity contribution in [3.63, 3.8) is 0 Å². The minimum atomic E-state index is -4.56. The Balaban J connectivity index is 0.00000138. The van der Waals surface area contributed by atoms with Crippen molar-refractivity contribution in [1.82, 2.24) is 29.5 Å². The van der Waals surface area contributed by atoms with E-state index in [9.17, 15) is 18.0 Å². The van der Waals surface area contributed by atoms with Gasteiger partial charge in [0.15, 0.2) is 0 Å². The molecule has 13 heteroatoms. The summed E-state index contributed by atoms with van der Waals surface area (Å²) < 4.78 is 45.3. The molecular formula is C38H45F3N6O3S. The molecule has 0 spiro atoms. The van der Waals surface area contributed by atoms with E-state index in [2.05, 4.69) is 35.2 Å². The molecule has 4 aromatic rings. The molecule has 0 saturated heterocycles. The molecule has 3 heterocycles. The maximum absolute atomic E-state index is 14.0. The maximum atomic E-state index is 14.0. The van der Waals surface area contributed by atoms with Crippen LogP contribution in [0.1, 0.15) is 74.2 Å². The highest BCUT2D eigenvalue weighted by molar-refractivity contribution is 7.71. The van der Waals surface area contributed by atoms with Crippen LogP contribution in [0.4, 0.5) is 13.2 Å². The lowest BCUT2D eigenvalue weighted by Crippen LogP contribution is -2.34. The van der Waals surface area contributed by atoms with Crippen molar-refractivity contribution in [1.29, 1.82) is 0 Å². The Morgan fingerprint density at radius 1 is 1.18 bits per heavy atom. The SMILES string of the molecule is CC(=O)O.Cc1ccc2c(cnn2C)c1-c1cc(C#CC2CC2)nc(CNC(=O)C(CC(C)C)n2cc(CCN(C)C)c(C(F)(F)F)cc2=S)c1. The van der Waals surface area contributed by atoms with Crippen molar-refractivity contribution >= 4 is 35.0 Å². The number of nitrogens with one attached hydrogen (secondary N) is 1. The van der Waals surface area contributed by atoms with Gasteiger partial charge in [0, 0.05) is 38.0 Å². The zero-order chi connectivity index (χ0) is 37.6. The molecule has 5 rings (SSSR count). The Morgan fingerprint density at radius 2 is 1.86 bits per heavy atom. The second-order valence-corrected chi connectivity index (χ2v) is 14.0. The lowest BCUT2D eigenvalue weighted by atomic mass is 9.96. The predicted molar refractivity (Wildman–Crippen MR) is 194 cm³/mol. The summed E-state index contributed by atoms with van der Waals surface area (Å²) in [6, 6.07) is 8.23. The van der Waals surface area contributed by atoms with Gasteiger partial charge in [0.2, 0.25) is 5.91 Å². The molecule has 1 aliphatic rings. The van der Waals surface area contributed by atoms with Gasteiger partial charge >= 0.3 is 6.18 Å². The fourth-order valence-corrected chi connectivity index (χ4v) is 6.04. The summed E-state index contributed by atoms with van der Waals surface area (Å²) in [6.45, 7) is 7.61. The molecule has 1 saturated carbocycles. The number of aromatic nitrogens is 4. The molecule has 0 aliphatic heterocycles. The third kappa shape index (κ3) is 10.7. The number of carboxylic acid groups (broad SMARTS) is 1. The van der Waals surface area contributed by atoms with Gasteiger partial charge in [-0.2, -0.15) is 18.3 Å². The summed E-state index contributed by atoms with van der Waals surface area (Å²) in [6.07, 6.45) is 1.45. The Morgan fingerprint density at radius 3 is 2.47 bits per heavy atom. The van der Waals surface area contributed by atoms with Crippen molar-refractivity contribution in [2.24, 2.45) is 18.9 Å². The average Bonchev–Trinajstić information content (AvgIpc) is 3.80. The molecule has 1 amide bonds. The van der Waals surface area contributed by atoms with Crippen molar-refractivity contribution in [2.45, 2.75) is 72.1 Å². The number of halogens is 3. The maximum Gasteiger partial charge on any atom is 0.416 e. The number of amides is 1. The van der Waals surface area contributed by atoms with E-state index >= 15 is 0 Å². The number of pyridine rings is 2. The Labute approximate surface area is 301 Å². The summed E-state index contributed by atoms with van der Waals surface area (Å²) in [7, 11) is 5.52. The first-order valence-corrected chi connectivity index (χ1v) is 17.2. The minimum absolute atomic E-state index is 0.0375. The summed E-state index contributed by atoms with van der Waals surface area (Å²) in [5, 5.41) is 15.9. The third-order valence-electron chi connectivity index (χ3n) is 8.36. The van der Waals surface area contributed by atoms with Gasteiger partial charge in [-0.25, -0.2) is 4.98 Å². The minimum Gasteiger partial charge on any atom is -0.481 e. The second kappa shape index (κ2) is 16.7. The Bertz CT molecular complexity index is 2020. The molecule has 1 aromatic carbocycles. The molecule has 1 atom stereocenters. The van der Waals surface area contributed by atoms with E-state index < -0.39 is 23.8 Å². The Hall–Kier alpha value is -4.54. The van der Waals surface area contributed by atoms with Gasteiger partial charge in [-0.1, -0.05) is 38.1 Å². The van der Waals surface area contributed by atoms with Crippen LogP contribution < -0.4 is 5.32 Å². The van der Waals surface area contributed by atoms with Crippen LogP contribution in [0.15, 0.2) is 42.7 Å². The standard InChI is InChI=1S/C36H41F3N6OS.C2H4O2/c1-22(2)15-32(45-21-25(13-14-43(4)5)30(18-33(45)47)36(37,38)39)35(46)40-19-28-17-26(16-27(42-28)11-10-24-8-9-24)34-23(3)7-12-31-29(34)20-41-44(31)6;1-2(3)4/h7,12,16-18,20-22,24,32H,8-9,13-15,19H2,1-6H3,(H,40,46);1H3,(H,3,4). The number of fused-ring (bicyclic) bond motifs is 1. The van der Waals surface area contributed by atoms with Gasteiger partial charge in [-0.15, -0.1) is 0 Å². The van der Waals surface area contributed by atoms with Gasteiger partial charge in [0.1, 0.15) is 16.4 Å². The number of carbonyl (C=O) groups excluding carboxylic acids is 1. The summed E-state index contributed by atoms with van der Waals surface area (Å²) >= 11 is 5.46. The van der Waals surface area contributed by atoms with Crippen LogP contribution in [0.5, 0.6) is 0 Å². The lowest BCUT2D eigenvalue weighted by Gasteiger charge is -2.25. The van der Waals surface area contributed by atoms with Gasteiger partial charge in [0.05, 0.1) is 29.5 Å². The smallest absolute Gasteiger partial charge is 0.416 e. The fraction of sp³-hybridized carbons (Fsp3) is 0.447. The number of hydrogen-bond acceptors (Lipinski definition) is 6. The molecule has 0 radical (unpaired) electrons. The van der Waals surface area contributed by atoms with Crippen molar-refractivity contribution < 1.29 is 27.9 Å². The fourth-order valence-electron chi connectivity index (χ4n) is 5.74. The van der Waals surface area contributed by atoms with Gasteiger partial charge in [-0.3, -0.25) is 14.3 Å². The number of nitrogens with zero attached hydrogens (tertiary/aromatic N) is 5. The second-order valence-electron chi connectivity index (χ2n) is 13.6. The number of hydrogen-bond donors (Lipinski definition) is 2. The highest BCUT2D eigenvalue weighted by Crippen LogP contribution is 2.35. The number of aryl methyl sites for hydroxylation is 2. The quantitative estimate of drug-likeness (QED) is 0.130.